The number of amides is 1. The summed E-state index contributed by atoms with van der Waals surface area (Å²) < 4.78 is 0. The maximum Gasteiger partial charge on any atom is 0.251 e. The largest absolute Gasteiger partial charge is 0.504 e. The van der Waals surface area contributed by atoms with Gasteiger partial charge < -0.3 is 20.6 Å². The number of carbonyl (C=O) groups is 1. The zero-order valence-electron chi connectivity index (χ0n) is 9.90. The molecule has 1 rings (SSSR count). The minimum Gasteiger partial charge on any atom is -0.504 e. The summed E-state index contributed by atoms with van der Waals surface area (Å²) in [4.78, 5) is 11.7. The fourth-order valence-electron chi connectivity index (χ4n) is 1.14. The van der Waals surface area contributed by atoms with Crippen LogP contribution < -0.4 is 5.32 Å². The smallest absolute Gasteiger partial charge is 0.251 e. The molecule has 17 heavy (non-hydrogen) atoms. The molecule has 0 atom stereocenters. The molecule has 0 spiro atoms. The highest BCUT2D eigenvalue weighted by Gasteiger charge is 2.18. The Hall–Kier alpha value is -1.75. The van der Waals surface area contributed by atoms with E-state index < -0.39 is 5.41 Å². The molecule has 5 nitrogen and oxygen atoms in total. The van der Waals surface area contributed by atoms with Gasteiger partial charge in [-0.2, -0.15) is 0 Å². The predicted octanol–water partition coefficient (Wildman–Crippen LogP) is 0.846. The summed E-state index contributed by atoms with van der Waals surface area (Å²) in [6, 6.07) is 3.86. The molecule has 0 saturated carbocycles. The summed E-state index contributed by atoms with van der Waals surface area (Å²) in [5, 5.41) is 30.0. The van der Waals surface area contributed by atoms with Crippen LogP contribution in [-0.4, -0.2) is 34.4 Å². The average Bonchev–Trinajstić information content (AvgIpc) is 2.30. The highest BCUT2D eigenvalue weighted by Crippen LogP contribution is 2.24. The van der Waals surface area contributed by atoms with Gasteiger partial charge in [0.1, 0.15) is 0 Å². The molecule has 0 bridgehead atoms. The summed E-state index contributed by atoms with van der Waals surface area (Å²) in [5.41, 5.74) is -0.136. The molecule has 1 aromatic rings. The maximum absolute atomic E-state index is 11.7. The van der Waals surface area contributed by atoms with Crippen LogP contribution in [0.3, 0.4) is 0 Å². The van der Waals surface area contributed by atoms with E-state index in [-0.39, 0.29) is 29.6 Å². The highest BCUT2D eigenvalue weighted by molar-refractivity contribution is 5.94. The molecule has 0 aliphatic heterocycles. The SMILES string of the molecule is CC(C)(CO)CNC(=O)c1ccc(O)c(O)c1. The van der Waals surface area contributed by atoms with Crippen LogP contribution in [-0.2, 0) is 0 Å². The van der Waals surface area contributed by atoms with Crippen molar-refractivity contribution in [1.29, 1.82) is 0 Å². The molecule has 0 aromatic heterocycles. The quantitative estimate of drug-likeness (QED) is 0.586. The molecule has 94 valence electrons. The van der Waals surface area contributed by atoms with Gasteiger partial charge in [0.15, 0.2) is 11.5 Å². The molecule has 4 N–H and O–H groups in total. The lowest BCUT2D eigenvalue weighted by Gasteiger charge is -2.21. The Morgan fingerprint density at radius 1 is 1.29 bits per heavy atom. The normalized spacial score (nSPS) is 11.2. The van der Waals surface area contributed by atoms with Crippen LogP contribution in [0.5, 0.6) is 11.5 Å². The molecule has 0 saturated heterocycles. The third kappa shape index (κ3) is 3.64. The van der Waals surface area contributed by atoms with E-state index in [4.69, 9.17) is 10.2 Å². The summed E-state index contributed by atoms with van der Waals surface area (Å²) in [7, 11) is 0. The number of hydrogen-bond acceptors (Lipinski definition) is 4. The van der Waals surface area contributed by atoms with E-state index in [9.17, 15) is 9.90 Å². The molecular formula is C12H17NO4. The first-order valence-electron chi connectivity index (χ1n) is 5.27. The molecule has 0 unspecified atom stereocenters. The van der Waals surface area contributed by atoms with Crippen molar-refractivity contribution in [3.05, 3.63) is 23.8 Å². The summed E-state index contributed by atoms with van der Waals surface area (Å²) in [6.45, 7) is 3.93. The Labute approximate surface area is 99.7 Å². The molecule has 1 amide bonds. The van der Waals surface area contributed by atoms with Crippen molar-refractivity contribution in [1.82, 2.24) is 5.32 Å². The van der Waals surface area contributed by atoms with Crippen molar-refractivity contribution in [2.45, 2.75) is 13.8 Å². The van der Waals surface area contributed by atoms with E-state index in [1.807, 2.05) is 13.8 Å². The van der Waals surface area contributed by atoms with Crippen LogP contribution in [0.1, 0.15) is 24.2 Å². The van der Waals surface area contributed by atoms with Gasteiger partial charge in [-0.1, -0.05) is 13.8 Å². The van der Waals surface area contributed by atoms with Gasteiger partial charge in [-0.3, -0.25) is 4.79 Å². The van der Waals surface area contributed by atoms with Crippen molar-refractivity contribution >= 4 is 5.91 Å². The van der Waals surface area contributed by atoms with E-state index in [1.165, 1.54) is 18.2 Å². The Morgan fingerprint density at radius 2 is 1.94 bits per heavy atom. The average molecular weight is 239 g/mol. The van der Waals surface area contributed by atoms with Crippen LogP contribution in [0.25, 0.3) is 0 Å². The molecule has 0 aliphatic carbocycles. The first-order valence-corrected chi connectivity index (χ1v) is 5.27. The Balaban J connectivity index is 2.68. The van der Waals surface area contributed by atoms with E-state index in [2.05, 4.69) is 5.32 Å². The molecule has 1 aromatic carbocycles. The third-order valence-corrected chi connectivity index (χ3v) is 2.39. The van der Waals surface area contributed by atoms with Crippen LogP contribution in [0, 0.1) is 5.41 Å². The number of phenols is 2. The van der Waals surface area contributed by atoms with Crippen LogP contribution in [0.2, 0.25) is 0 Å². The van der Waals surface area contributed by atoms with Crippen LogP contribution in [0.15, 0.2) is 18.2 Å². The number of hydrogen-bond donors (Lipinski definition) is 4. The lowest BCUT2D eigenvalue weighted by atomic mass is 9.95. The van der Waals surface area contributed by atoms with Crippen molar-refractivity contribution in [2.24, 2.45) is 5.41 Å². The topological polar surface area (TPSA) is 89.8 Å². The van der Waals surface area contributed by atoms with Crippen molar-refractivity contribution in [3.8, 4) is 11.5 Å². The second kappa shape index (κ2) is 5.05. The van der Waals surface area contributed by atoms with Crippen molar-refractivity contribution in [2.75, 3.05) is 13.2 Å². The van der Waals surface area contributed by atoms with Gasteiger partial charge in [-0.15, -0.1) is 0 Å². The van der Waals surface area contributed by atoms with Gasteiger partial charge in [-0.25, -0.2) is 0 Å². The molecule has 0 aliphatic rings. The predicted molar refractivity (Wildman–Crippen MR) is 63.0 cm³/mol. The number of aliphatic hydroxyl groups excluding tert-OH is 1. The van der Waals surface area contributed by atoms with Crippen molar-refractivity contribution < 1.29 is 20.1 Å². The van der Waals surface area contributed by atoms with Gasteiger partial charge in [0.05, 0.1) is 0 Å². The van der Waals surface area contributed by atoms with Gasteiger partial charge in [0.25, 0.3) is 5.91 Å². The van der Waals surface area contributed by atoms with E-state index in [0.29, 0.717) is 6.54 Å². The van der Waals surface area contributed by atoms with Crippen molar-refractivity contribution in [3.63, 3.8) is 0 Å². The second-order valence-corrected chi connectivity index (χ2v) is 4.71. The maximum atomic E-state index is 11.7. The van der Waals surface area contributed by atoms with Gasteiger partial charge in [0.2, 0.25) is 0 Å². The molecule has 0 radical (unpaired) electrons. The zero-order chi connectivity index (χ0) is 13.1. The first-order chi connectivity index (χ1) is 7.85. The zero-order valence-corrected chi connectivity index (χ0v) is 9.90. The van der Waals surface area contributed by atoms with Gasteiger partial charge in [-0.05, 0) is 18.2 Å². The lowest BCUT2D eigenvalue weighted by Crippen LogP contribution is -2.36. The lowest BCUT2D eigenvalue weighted by molar-refractivity contribution is 0.0910. The minimum absolute atomic E-state index is 0.0336. The Bertz CT molecular complexity index is 415. The fraction of sp³-hybridized carbons (Fsp3) is 0.417. The van der Waals surface area contributed by atoms with E-state index >= 15 is 0 Å². The fourth-order valence-corrected chi connectivity index (χ4v) is 1.14. The van der Waals surface area contributed by atoms with Crippen LogP contribution in [0.4, 0.5) is 0 Å². The number of nitrogens with one attached hydrogen (secondary N) is 1. The number of phenolic OH excluding ortho intramolecular Hbond substituents is 2. The van der Waals surface area contributed by atoms with E-state index in [1.54, 1.807) is 0 Å². The molecular weight excluding hydrogens is 222 g/mol. The molecule has 5 heteroatoms. The van der Waals surface area contributed by atoms with Gasteiger partial charge in [0, 0.05) is 24.1 Å². The Morgan fingerprint density at radius 3 is 2.47 bits per heavy atom. The number of rotatable bonds is 4. The summed E-state index contributed by atoms with van der Waals surface area (Å²) >= 11 is 0. The summed E-state index contributed by atoms with van der Waals surface area (Å²) in [5.74, 6) is -0.960. The number of aromatic hydroxyl groups is 2. The molecule has 0 fully saturated rings. The monoisotopic (exact) mass is 239 g/mol. The minimum atomic E-state index is -0.394. The highest BCUT2D eigenvalue weighted by atomic mass is 16.3. The first kappa shape index (κ1) is 13.3. The standard InChI is InChI=1S/C12H17NO4/c1-12(2,7-14)6-13-11(17)8-3-4-9(15)10(16)5-8/h3-5,14-16H,6-7H2,1-2H3,(H,13,17). The van der Waals surface area contributed by atoms with Gasteiger partial charge >= 0.3 is 0 Å². The van der Waals surface area contributed by atoms with Crippen LogP contribution >= 0.6 is 0 Å². The number of benzene rings is 1. The summed E-state index contributed by atoms with van der Waals surface area (Å²) in [6.07, 6.45) is 0. The number of aliphatic hydroxyl groups is 1. The Kier molecular flexibility index (Phi) is 3.96. The number of carbonyl (C=O) groups excluding carboxylic acids is 1. The third-order valence-electron chi connectivity index (χ3n) is 2.39. The second-order valence-electron chi connectivity index (χ2n) is 4.71. The van der Waals surface area contributed by atoms with E-state index in [0.717, 1.165) is 0 Å². The molecule has 0 heterocycles.